The lowest BCUT2D eigenvalue weighted by atomic mass is 9.98. The molecular formula is C22H23FN2O. The van der Waals surface area contributed by atoms with Crippen molar-refractivity contribution in [3.05, 3.63) is 72.1 Å². The van der Waals surface area contributed by atoms with Gasteiger partial charge in [0, 0.05) is 38.3 Å². The zero-order valence-corrected chi connectivity index (χ0v) is 14.8. The molecule has 3 nitrogen and oxygen atoms in total. The summed E-state index contributed by atoms with van der Waals surface area (Å²) in [6, 6.07) is 16.7. The van der Waals surface area contributed by atoms with E-state index in [-0.39, 0.29) is 11.7 Å². The molecule has 2 aromatic carbocycles. The first kappa shape index (κ1) is 17.0. The number of anilines is 1. The van der Waals surface area contributed by atoms with Crippen molar-refractivity contribution >= 4 is 17.2 Å². The lowest BCUT2D eigenvalue weighted by Gasteiger charge is -2.28. The minimum atomic E-state index is -0.194. The Bertz CT molecular complexity index is 801. The van der Waals surface area contributed by atoms with Crippen LogP contribution in [-0.4, -0.2) is 37.0 Å². The van der Waals surface area contributed by atoms with Gasteiger partial charge in [0.15, 0.2) is 0 Å². The van der Waals surface area contributed by atoms with Crippen LogP contribution in [0.2, 0.25) is 0 Å². The fourth-order valence-electron chi connectivity index (χ4n) is 3.93. The van der Waals surface area contributed by atoms with E-state index in [2.05, 4.69) is 11.0 Å². The van der Waals surface area contributed by atoms with E-state index < -0.39 is 0 Å². The van der Waals surface area contributed by atoms with Gasteiger partial charge in [0.1, 0.15) is 5.82 Å². The Hall–Kier alpha value is -2.46. The van der Waals surface area contributed by atoms with Crippen molar-refractivity contribution in [1.82, 2.24) is 4.90 Å². The highest BCUT2D eigenvalue weighted by Gasteiger charge is 2.31. The monoisotopic (exact) mass is 350 g/mol. The molecule has 1 atom stereocenters. The van der Waals surface area contributed by atoms with Crippen LogP contribution in [0.5, 0.6) is 0 Å². The summed E-state index contributed by atoms with van der Waals surface area (Å²) >= 11 is 0. The molecule has 1 fully saturated rings. The zero-order valence-electron chi connectivity index (χ0n) is 14.8. The van der Waals surface area contributed by atoms with E-state index in [1.807, 2.05) is 47.4 Å². The Morgan fingerprint density at radius 2 is 1.81 bits per heavy atom. The molecule has 1 amide bonds. The van der Waals surface area contributed by atoms with Crippen LogP contribution in [0.1, 0.15) is 18.4 Å². The van der Waals surface area contributed by atoms with Crippen LogP contribution in [-0.2, 0) is 4.79 Å². The number of halogens is 1. The van der Waals surface area contributed by atoms with Gasteiger partial charge in [-0.1, -0.05) is 36.4 Å². The highest BCUT2D eigenvalue weighted by Crippen LogP contribution is 2.27. The number of rotatable bonds is 4. The second-order valence-electron chi connectivity index (χ2n) is 7.16. The highest BCUT2D eigenvalue weighted by atomic mass is 19.1. The molecule has 0 bridgehead atoms. The molecule has 2 aromatic rings. The molecule has 2 aliphatic heterocycles. The highest BCUT2D eigenvalue weighted by molar-refractivity contribution is 5.95. The quantitative estimate of drug-likeness (QED) is 0.833. The third-order valence-electron chi connectivity index (χ3n) is 5.30. The molecule has 0 N–H and O–H groups in total. The lowest BCUT2D eigenvalue weighted by molar-refractivity contribution is -0.117. The van der Waals surface area contributed by atoms with Gasteiger partial charge in [-0.25, -0.2) is 4.39 Å². The van der Waals surface area contributed by atoms with Gasteiger partial charge in [-0.15, -0.1) is 0 Å². The molecule has 134 valence electrons. The first-order valence-electron chi connectivity index (χ1n) is 9.22. The minimum Gasteiger partial charge on any atom is -0.312 e. The van der Waals surface area contributed by atoms with Crippen molar-refractivity contribution in [1.29, 1.82) is 0 Å². The summed E-state index contributed by atoms with van der Waals surface area (Å²) in [6.45, 7) is 3.62. The Morgan fingerprint density at radius 1 is 1.04 bits per heavy atom. The van der Waals surface area contributed by atoms with Gasteiger partial charge in [-0.05, 0) is 47.7 Å². The number of nitrogens with zero attached hydrogens (tertiary/aromatic N) is 2. The molecule has 1 saturated heterocycles. The number of hydrogen-bond acceptors (Lipinski definition) is 2. The SMILES string of the molecule is O=C1CC(CN2CC=C(c3ccc(F)cc3)CC2)CN1c1ccccc1. The summed E-state index contributed by atoms with van der Waals surface area (Å²) in [7, 11) is 0. The smallest absolute Gasteiger partial charge is 0.227 e. The maximum atomic E-state index is 13.1. The van der Waals surface area contributed by atoms with E-state index in [9.17, 15) is 9.18 Å². The van der Waals surface area contributed by atoms with Crippen LogP contribution in [0.25, 0.3) is 5.57 Å². The summed E-state index contributed by atoms with van der Waals surface area (Å²) in [5.74, 6) is 0.407. The van der Waals surface area contributed by atoms with E-state index in [0.717, 1.165) is 43.9 Å². The van der Waals surface area contributed by atoms with Gasteiger partial charge in [0.05, 0.1) is 0 Å². The maximum Gasteiger partial charge on any atom is 0.227 e. The second kappa shape index (κ2) is 7.42. The number of carbonyl (C=O) groups excluding carboxylic acids is 1. The van der Waals surface area contributed by atoms with Crippen LogP contribution in [0.4, 0.5) is 10.1 Å². The van der Waals surface area contributed by atoms with E-state index in [4.69, 9.17) is 0 Å². The van der Waals surface area contributed by atoms with Crippen LogP contribution in [0, 0.1) is 11.7 Å². The standard InChI is InChI=1S/C22H23FN2O/c23-20-8-6-18(7-9-20)19-10-12-24(13-11-19)15-17-14-22(26)25(16-17)21-4-2-1-3-5-21/h1-10,17H,11-16H2. The molecule has 2 aliphatic rings. The molecule has 26 heavy (non-hydrogen) atoms. The molecule has 0 aromatic heterocycles. The molecule has 0 aliphatic carbocycles. The topological polar surface area (TPSA) is 23.6 Å². The van der Waals surface area contributed by atoms with Gasteiger partial charge in [-0.2, -0.15) is 0 Å². The normalized spacial score (nSPS) is 21.1. The molecular weight excluding hydrogens is 327 g/mol. The van der Waals surface area contributed by atoms with Crippen LogP contribution >= 0.6 is 0 Å². The largest absolute Gasteiger partial charge is 0.312 e. The average Bonchev–Trinajstić information content (AvgIpc) is 3.04. The summed E-state index contributed by atoms with van der Waals surface area (Å²) in [5, 5.41) is 0. The van der Waals surface area contributed by atoms with Crippen molar-refractivity contribution in [3.63, 3.8) is 0 Å². The maximum absolute atomic E-state index is 13.1. The fourth-order valence-corrected chi connectivity index (χ4v) is 3.93. The Kier molecular flexibility index (Phi) is 4.85. The minimum absolute atomic E-state index is 0.194. The number of amides is 1. The van der Waals surface area contributed by atoms with Crippen molar-refractivity contribution in [2.24, 2.45) is 5.92 Å². The first-order valence-corrected chi connectivity index (χ1v) is 9.22. The molecule has 4 rings (SSSR count). The van der Waals surface area contributed by atoms with Gasteiger partial charge >= 0.3 is 0 Å². The summed E-state index contributed by atoms with van der Waals surface area (Å²) in [4.78, 5) is 16.7. The van der Waals surface area contributed by atoms with Crippen LogP contribution in [0.3, 0.4) is 0 Å². The zero-order chi connectivity index (χ0) is 17.9. The average molecular weight is 350 g/mol. The molecule has 0 saturated carbocycles. The fraction of sp³-hybridized carbons (Fsp3) is 0.318. The van der Waals surface area contributed by atoms with Crippen molar-refractivity contribution in [3.8, 4) is 0 Å². The number of carbonyl (C=O) groups is 1. The van der Waals surface area contributed by atoms with Crippen LogP contribution in [0.15, 0.2) is 60.7 Å². The molecule has 2 heterocycles. The van der Waals surface area contributed by atoms with Gasteiger partial charge in [-0.3, -0.25) is 9.69 Å². The van der Waals surface area contributed by atoms with Crippen molar-refractivity contribution in [2.75, 3.05) is 31.1 Å². The first-order chi connectivity index (χ1) is 12.7. The summed E-state index contributed by atoms with van der Waals surface area (Å²) in [5.41, 5.74) is 3.39. The molecule has 0 radical (unpaired) electrons. The van der Waals surface area contributed by atoms with E-state index in [1.165, 1.54) is 17.7 Å². The predicted molar refractivity (Wildman–Crippen MR) is 102 cm³/mol. The van der Waals surface area contributed by atoms with Gasteiger partial charge in [0.25, 0.3) is 0 Å². The van der Waals surface area contributed by atoms with Crippen LogP contribution < -0.4 is 4.90 Å². The third kappa shape index (κ3) is 3.70. The second-order valence-corrected chi connectivity index (χ2v) is 7.16. The molecule has 4 heteroatoms. The number of hydrogen-bond donors (Lipinski definition) is 0. The van der Waals surface area contributed by atoms with E-state index >= 15 is 0 Å². The summed E-state index contributed by atoms with van der Waals surface area (Å²) in [6.07, 6.45) is 3.83. The summed E-state index contributed by atoms with van der Waals surface area (Å²) < 4.78 is 13.1. The van der Waals surface area contributed by atoms with Gasteiger partial charge < -0.3 is 4.90 Å². The molecule has 0 spiro atoms. The Morgan fingerprint density at radius 3 is 2.50 bits per heavy atom. The third-order valence-corrected chi connectivity index (χ3v) is 5.30. The molecule has 1 unspecified atom stereocenters. The van der Waals surface area contributed by atoms with Gasteiger partial charge in [0.2, 0.25) is 5.91 Å². The van der Waals surface area contributed by atoms with E-state index in [1.54, 1.807) is 0 Å². The number of para-hydroxylation sites is 1. The van der Waals surface area contributed by atoms with Crippen molar-refractivity contribution in [2.45, 2.75) is 12.8 Å². The lowest BCUT2D eigenvalue weighted by Crippen LogP contribution is -2.34. The number of benzene rings is 2. The van der Waals surface area contributed by atoms with Crippen molar-refractivity contribution < 1.29 is 9.18 Å². The predicted octanol–water partition coefficient (Wildman–Crippen LogP) is 3.97. The Labute approximate surface area is 153 Å². The van der Waals surface area contributed by atoms with E-state index in [0.29, 0.717) is 12.3 Å². The Balaban J connectivity index is 1.35.